The van der Waals surface area contributed by atoms with Crippen LogP contribution in [0.3, 0.4) is 0 Å². The Bertz CT molecular complexity index is 1230. The van der Waals surface area contributed by atoms with Crippen molar-refractivity contribution in [2.24, 2.45) is 11.8 Å². The van der Waals surface area contributed by atoms with Crippen molar-refractivity contribution in [1.82, 2.24) is 0 Å². The average molecular weight is 1100 g/mol. The molecule has 8 nitrogen and oxygen atoms in total. The normalized spacial score (nSPS) is 12.9. The van der Waals surface area contributed by atoms with Crippen molar-refractivity contribution in [3.05, 3.63) is 24.3 Å². The molecule has 0 amide bonds. The molecule has 0 N–H and O–H groups in total. The van der Waals surface area contributed by atoms with Crippen LogP contribution in [0, 0.1) is 11.8 Å². The molecule has 0 heterocycles. The maximum atomic E-state index is 10.9. The van der Waals surface area contributed by atoms with Crippen molar-refractivity contribution >= 4 is 58.5 Å². The van der Waals surface area contributed by atoms with Crippen LogP contribution in [0.15, 0.2) is 24.3 Å². The first-order valence-corrected chi connectivity index (χ1v) is 34.2. The van der Waals surface area contributed by atoms with E-state index < -0.39 is 20.8 Å². The third-order valence-electron chi connectivity index (χ3n) is 14.5. The molecule has 0 aliphatic carbocycles. The second-order valence-corrected chi connectivity index (χ2v) is 23.9. The molecular formula is C62H122CaO8S2. The van der Waals surface area contributed by atoms with Crippen LogP contribution in [-0.4, -0.2) is 76.9 Å². The van der Waals surface area contributed by atoms with Crippen LogP contribution < -0.4 is 0 Å². The molecule has 0 saturated heterocycles. The topological polar surface area (TPSA) is 133 Å². The van der Waals surface area contributed by atoms with E-state index >= 15 is 0 Å². The summed E-state index contributed by atoms with van der Waals surface area (Å²) in [5.41, 5.74) is 0. The van der Waals surface area contributed by atoms with Gasteiger partial charge in [-0.2, -0.15) is 0 Å². The predicted molar refractivity (Wildman–Crippen MR) is 316 cm³/mol. The Morgan fingerprint density at radius 3 is 0.671 bits per heavy atom. The molecule has 0 fully saturated rings. The van der Waals surface area contributed by atoms with Crippen LogP contribution in [-0.2, 0) is 29.2 Å². The molecule has 0 spiro atoms. The third kappa shape index (κ3) is 72.5. The van der Waals surface area contributed by atoms with E-state index in [4.69, 9.17) is 0 Å². The summed E-state index contributed by atoms with van der Waals surface area (Å²) in [6.07, 6.45) is 73.5. The summed E-state index contributed by atoms with van der Waals surface area (Å²) in [7, 11) is -9.22. The molecule has 432 valence electrons. The Balaban J connectivity index is -0.00000132. The zero-order valence-corrected chi connectivity index (χ0v) is 52.9. The van der Waals surface area contributed by atoms with Crippen LogP contribution in [0.25, 0.3) is 0 Å². The Morgan fingerprint density at radius 2 is 0.479 bits per heavy atom. The molecule has 2 unspecified atom stereocenters. The van der Waals surface area contributed by atoms with Gasteiger partial charge in [-0.05, 0) is 38.5 Å². The fourth-order valence-corrected chi connectivity index (χ4v) is 10.4. The molecule has 0 saturated carbocycles. The molecule has 0 aliphatic rings. The van der Waals surface area contributed by atoms with Gasteiger partial charge in [-0.25, -0.2) is 16.8 Å². The molecule has 0 radical (unpaired) electrons. The summed E-state index contributed by atoms with van der Waals surface area (Å²) in [4.78, 5) is 0. The minimum Gasteiger partial charge on any atom is -0.726 e. The van der Waals surface area contributed by atoms with Crippen LogP contribution in [0.1, 0.15) is 349 Å². The van der Waals surface area contributed by atoms with E-state index in [2.05, 4.69) is 60.4 Å². The van der Waals surface area contributed by atoms with Gasteiger partial charge in [0.1, 0.15) is 0 Å². The summed E-state index contributed by atoms with van der Waals surface area (Å²) < 4.78 is 74.2. The molecule has 0 aromatic carbocycles. The van der Waals surface area contributed by atoms with Gasteiger partial charge in [0.25, 0.3) is 0 Å². The number of rotatable bonds is 58. The second kappa shape index (κ2) is 63.3. The van der Waals surface area contributed by atoms with Crippen LogP contribution >= 0.6 is 0 Å². The summed E-state index contributed by atoms with van der Waals surface area (Å²) in [6, 6.07) is 0. The first-order valence-electron chi connectivity index (χ1n) is 31.5. The predicted octanol–water partition coefficient (Wildman–Crippen LogP) is 20.5. The maximum absolute atomic E-state index is 10.9. The Kier molecular flexibility index (Phi) is 67.4. The first-order chi connectivity index (χ1) is 35.0. The molecule has 2 atom stereocenters. The Labute approximate surface area is 487 Å². The average Bonchev–Trinajstić information content (AvgIpc) is 3.35. The largest absolute Gasteiger partial charge is 2.00 e. The molecule has 0 aromatic rings. The van der Waals surface area contributed by atoms with Gasteiger partial charge < -0.3 is 9.11 Å². The summed E-state index contributed by atoms with van der Waals surface area (Å²) in [5.74, 6) is 0.0378. The standard InChI is InChI=1S/2C31H62O4S.Ca/c2*1-3-5-7-9-11-12-13-14-15-16-17-18-19-20-21-23-25-27-29-31(30-35-36(32,33)34)28-26-24-22-10-8-6-4-2;/h2*27,29,31H,3-26,28,30H2,1-2H3,(H,32,33,34);/q;;+2/p-2/b2*29-27+;. The SMILES string of the molecule is CCCCCCCCCCCCCCCCCC/C=C/C(CCCCCCCCC)COS(=O)(=O)[O-].CCCCCCCCCCCCCCCCCC/C=C/C(CCCCCCCCC)COS(=O)(=O)[O-].[Ca+2]. The molecule has 0 aliphatic heterocycles. The van der Waals surface area contributed by atoms with E-state index in [9.17, 15) is 25.9 Å². The van der Waals surface area contributed by atoms with Gasteiger partial charge in [-0.3, -0.25) is 8.37 Å². The third-order valence-corrected chi connectivity index (χ3v) is 15.3. The zero-order valence-electron chi connectivity index (χ0n) is 49.0. The Morgan fingerprint density at radius 1 is 0.301 bits per heavy atom. The summed E-state index contributed by atoms with van der Waals surface area (Å²) in [6.45, 7) is 8.97. The zero-order chi connectivity index (χ0) is 53.2. The van der Waals surface area contributed by atoms with E-state index in [1.54, 1.807) is 0 Å². The minimum atomic E-state index is -4.61. The molecule has 73 heavy (non-hydrogen) atoms. The van der Waals surface area contributed by atoms with Crippen LogP contribution in [0.5, 0.6) is 0 Å². The molecule has 0 aromatic heterocycles. The van der Waals surface area contributed by atoms with Gasteiger partial charge in [-0.1, -0.05) is 335 Å². The van der Waals surface area contributed by atoms with Gasteiger partial charge >= 0.3 is 37.7 Å². The smallest absolute Gasteiger partial charge is 0.726 e. The van der Waals surface area contributed by atoms with Crippen LogP contribution in [0.2, 0.25) is 0 Å². The first kappa shape index (κ1) is 77.7. The van der Waals surface area contributed by atoms with E-state index in [-0.39, 0.29) is 62.8 Å². The quantitative estimate of drug-likeness (QED) is 0.0193. The minimum absolute atomic E-state index is 0. The van der Waals surface area contributed by atoms with Crippen LogP contribution in [0.4, 0.5) is 0 Å². The molecule has 11 heteroatoms. The summed E-state index contributed by atoms with van der Waals surface area (Å²) in [5, 5.41) is 0. The van der Waals surface area contributed by atoms with Gasteiger partial charge in [0.2, 0.25) is 20.8 Å². The van der Waals surface area contributed by atoms with E-state index in [0.717, 1.165) is 51.4 Å². The van der Waals surface area contributed by atoms with Gasteiger partial charge in [-0.15, -0.1) is 0 Å². The fourth-order valence-electron chi connectivity index (χ4n) is 9.74. The maximum Gasteiger partial charge on any atom is 2.00 e. The van der Waals surface area contributed by atoms with Gasteiger partial charge in [0.05, 0.1) is 13.2 Å². The van der Waals surface area contributed by atoms with Crippen molar-refractivity contribution in [3.8, 4) is 0 Å². The monoisotopic (exact) mass is 1100 g/mol. The van der Waals surface area contributed by atoms with E-state index in [1.165, 1.54) is 270 Å². The number of hydrogen-bond acceptors (Lipinski definition) is 8. The van der Waals surface area contributed by atoms with Crippen molar-refractivity contribution < 1.29 is 34.3 Å². The molecule has 0 rings (SSSR count). The van der Waals surface area contributed by atoms with Crippen molar-refractivity contribution in [2.75, 3.05) is 13.2 Å². The van der Waals surface area contributed by atoms with Crippen molar-refractivity contribution in [2.45, 2.75) is 349 Å². The number of hydrogen-bond donors (Lipinski definition) is 0. The molecular weight excluding hydrogens is 977 g/mol. The van der Waals surface area contributed by atoms with Crippen molar-refractivity contribution in [3.63, 3.8) is 0 Å². The number of unbranched alkanes of at least 4 members (excludes halogenated alkanes) is 44. The molecule has 0 bridgehead atoms. The summed E-state index contributed by atoms with van der Waals surface area (Å²) >= 11 is 0. The second-order valence-electron chi connectivity index (χ2n) is 21.8. The van der Waals surface area contributed by atoms with Crippen molar-refractivity contribution in [1.29, 1.82) is 0 Å². The van der Waals surface area contributed by atoms with Gasteiger partial charge in [0.15, 0.2) is 0 Å². The van der Waals surface area contributed by atoms with E-state index in [0.29, 0.717) is 0 Å². The van der Waals surface area contributed by atoms with Gasteiger partial charge in [0, 0.05) is 11.8 Å². The van der Waals surface area contributed by atoms with E-state index in [1.807, 2.05) is 0 Å². The number of allylic oxidation sites excluding steroid dienone is 2. The fraction of sp³-hybridized carbons (Fsp3) is 0.935. The Hall–Kier alpha value is 0.480.